The van der Waals surface area contributed by atoms with Crippen molar-refractivity contribution >= 4 is 17.4 Å². The summed E-state index contributed by atoms with van der Waals surface area (Å²) in [7, 11) is 0. The number of aromatic nitrogens is 2. The molecular formula is C17H21N5O3. The third-order valence-electron chi connectivity index (χ3n) is 3.59. The predicted octanol–water partition coefficient (Wildman–Crippen LogP) is 2.55. The number of non-ortho nitro benzene ring substituents is 1. The fraction of sp³-hybridized carbons (Fsp3) is 0.353. The molecular weight excluding hydrogens is 322 g/mol. The molecule has 0 aliphatic heterocycles. The van der Waals surface area contributed by atoms with Gasteiger partial charge in [-0.25, -0.2) is 9.97 Å². The number of nitro benzene ring substituents is 1. The standard InChI is InChI=1S/C17H21N5O3/c1-4-13-10-15(19-11(3)17(23)18-5-2)21-16(20-13)12-6-8-14(9-7-12)22(24)25/h6-11H,4-5H2,1-3H3,(H,18,23)(H,19,20,21)/t11-/m0/s1. The number of amides is 1. The Hall–Kier alpha value is -3.03. The molecule has 0 fully saturated rings. The Morgan fingerprint density at radius 2 is 1.92 bits per heavy atom. The maximum absolute atomic E-state index is 11.9. The first-order valence-electron chi connectivity index (χ1n) is 8.11. The molecule has 25 heavy (non-hydrogen) atoms. The Bertz CT molecular complexity index is 761. The van der Waals surface area contributed by atoms with E-state index < -0.39 is 11.0 Å². The predicted molar refractivity (Wildman–Crippen MR) is 95.3 cm³/mol. The monoisotopic (exact) mass is 343 g/mol. The molecule has 0 aliphatic rings. The first-order valence-corrected chi connectivity index (χ1v) is 8.11. The SMILES string of the molecule is CCNC(=O)[C@H](C)Nc1cc(CC)nc(-c2ccc([N+](=O)[O-])cc2)n1. The molecule has 1 atom stereocenters. The van der Waals surface area contributed by atoms with Gasteiger partial charge in [-0.2, -0.15) is 0 Å². The van der Waals surface area contributed by atoms with Crippen molar-refractivity contribution < 1.29 is 9.72 Å². The van der Waals surface area contributed by atoms with Gasteiger partial charge in [-0.05, 0) is 32.4 Å². The van der Waals surface area contributed by atoms with E-state index in [9.17, 15) is 14.9 Å². The smallest absolute Gasteiger partial charge is 0.269 e. The third-order valence-corrected chi connectivity index (χ3v) is 3.59. The number of benzene rings is 1. The van der Waals surface area contributed by atoms with Gasteiger partial charge >= 0.3 is 0 Å². The summed E-state index contributed by atoms with van der Waals surface area (Å²) in [5.74, 6) is 0.884. The Labute approximate surface area is 145 Å². The van der Waals surface area contributed by atoms with Gasteiger partial charge in [-0.15, -0.1) is 0 Å². The van der Waals surface area contributed by atoms with Crippen LogP contribution in [0.4, 0.5) is 11.5 Å². The van der Waals surface area contributed by atoms with Gasteiger partial charge in [-0.1, -0.05) is 6.92 Å². The van der Waals surface area contributed by atoms with Gasteiger partial charge in [0.15, 0.2) is 5.82 Å². The molecule has 2 aromatic rings. The van der Waals surface area contributed by atoms with E-state index in [-0.39, 0.29) is 11.6 Å². The molecule has 2 N–H and O–H groups in total. The number of hydrogen-bond donors (Lipinski definition) is 2. The van der Waals surface area contributed by atoms with Crippen LogP contribution in [0.15, 0.2) is 30.3 Å². The quantitative estimate of drug-likeness (QED) is 0.590. The van der Waals surface area contributed by atoms with Crippen LogP contribution < -0.4 is 10.6 Å². The summed E-state index contributed by atoms with van der Waals surface area (Å²) in [5.41, 5.74) is 1.50. The molecule has 132 valence electrons. The number of nitrogens with one attached hydrogen (secondary N) is 2. The van der Waals surface area contributed by atoms with Gasteiger partial charge in [0, 0.05) is 36.0 Å². The minimum atomic E-state index is -0.450. The van der Waals surface area contributed by atoms with E-state index in [1.54, 1.807) is 25.1 Å². The van der Waals surface area contributed by atoms with Crippen molar-refractivity contribution in [2.45, 2.75) is 33.2 Å². The van der Waals surface area contributed by atoms with Crippen molar-refractivity contribution in [3.05, 3.63) is 46.1 Å². The lowest BCUT2D eigenvalue weighted by molar-refractivity contribution is -0.384. The van der Waals surface area contributed by atoms with Crippen LogP contribution in [0.1, 0.15) is 26.5 Å². The summed E-state index contributed by atoms with van der Waals surface area (Å²) in [5, 5.41) is 16.6. The fourth-order valence-electron chi connectivity index (χ4n) is 2.23. The molecule has 1 amide bonds. The van der Waals surface area contributed by atoms with Crippen LogP contribution in [0.25, 0.3) is 11.4 Å². The maximum atomic E-state index is 11.9. The van der Waals surface area contributed by atoms with Gasteiger partial charge < -0.3 is 10.6 Å². The Balaban J connectivity index is 2.30. The second-order valence-electron chi connectivity index (χ2n) is 5.49. The highest BCUT2D eigenvalue weighted by Gasteiger charge is 2.14. The molecule has 8 heteroatoms. The lowest BCUT2D eigenvalue weighted by atomic mass is 10.2. The van der Waals surface area contributed by atoms with E-state index in [1.807, 2.05) is 13.8 Å². The highest BCUT2D eigenvalue weighted by atomic mass is 16.6. The van der Waals surface area contributed by atoms with Gasteiger partial charge in [0.25, 0.3) is 5.69 Å². The van der Waals surface area contributed by atoms with E-state index in [2.05, 4.69) is 20.6 Å². The summed E-state index contributed by atoms with van der Waals surface area (Å²) >= 11 is 0. The maximum Gasteiger partial charge on any atom is 0.269 e. The lowest BCUT2D eigenvalue weighted by Gasteiger charge is -2.15. The molecule has 0 spiro atoms. The second kappa shape index (κ2) is 8.18. The van der Waals surface area contributed by atoms with Crippen molar-refractivity contribution in [2.24, 2.45) is 0 Å². The minimum Gasteiger partial charge on any atom is -0.359 e. The molecule has 2 rings (SSSR count). The Kier molecular flexibility index (Phi) is 5.99. The van der Waals surface area contributed by atoms with Crippen LogP contribution in [-0.2, 0) is 11.2 Å². The molecule has 0 unspecified atom stereocenters. The van der Waals surface area contributed by atoms with E-state index in [0.717, 1.165) is 5.69 Å². The molecule has 1 aromatic heterocycles. The molecule has 8 nitrogen and oxygen atoms in total. The number of hydrogen-bond acceptors (Lipinski definition) is 6. The largest absolute Gasteiger partial charge is 0.359 e. The topological polar surface area (TPSA) is 110 Å². The van der Waals surface area contributed by atoms with Gasteiger partial charge in [0.05, 0.1) is 4.92 Å². The van der Waals surface area contributed by atoms with Crippen LogP contribution in [0.5, 0.6) is 0 Å². The van der Waals surface area contributed by atoms with E-state index >= 15 is 0 Å². The van der Waals surface area contributed by atoms with Gasteiger partial charge in [-0.3, -0.25) is 14.9 Å². The normalized spacial score (nSPS) is 11.6. The summed E-state index contributed by atoms with van der Waals surface area (Å²) in [6.45, 7) is 6.14. The minimum absolute atomic E-state index is 0.0126. The number of carbonyl (C=O) groups is 1. The first-order chi connectivity index (χ1) is 11.9. The average molecular weight is 343 g/mol. The van der Waals surface area contributed by atoms with Crippen LogP contribution in [0.3, 0.4) is 0 Å². The number of nitro groups is 1. The molecule has 0 bridgehead atoms. The number of nitrogens with zero attached hydrogens (tertiary/aromatic N) is 3. The zero-order chi connectivity index (χ0) is 18.4. The number of likely N-dealkylation sites (N-methyl/N-ethyl adjacent to an activating group) is 1. The number of anilines is 1. The summed E-state index contributed by atoms with van der Waals surface area (Å²) in [6, 6.07) is 7.42. The van der Waals surface area contributed by atoms with E-state index in [4.69, 9.17) is 0 Å². The highest BCUT2D eigenvalue weighted by Crippen LogP contribution is 2.21. The molecule has 0 radical (unpaired) electrons. The van der Waals surface area contributed by atoms with Crippen molar-refractivity contribution in [1.29, 1.82) is 0 Å². The first kappa shape index (κ1) is 18.3. The van der Waals surface area contributed by atoms with Crippen molar-refractivity contribution in [2.75, 3.05) is 11.9 Å². The van der Waals surface area contributed by atoms with Crippen molar-refractivity contribution in [3.8, 4) is 11.4 Å². The van der Waals surface area contributed by atoms with Gasteiger partial charge in [0.1, 0.15) is 11.9 Å². The molecule has 0 saturated heterocycles. The van der Waals surface area contributed by atoms with Crippen LogP contribution in [0, 0.1) is 10.1 Å². The Morgan fingerprint density at radius 1 is 1.24 bits per heavy atom. The van der Waals surface area contributed by atoms with E-state index in [1.165, 1.54) is 12.1 Å². The lowest BCUT2D eigenvalue weighted by Crippen LogP contribution is -2.37. The molecule has 1 aromatic carbocycles. The second-order valence-corrected chi connectivity index (χ2v) is 5.49. The van der Waals surface area contributed by atoms with Crippen molar-refractivity contribution in [3.63, 3.8) is 0 Å². The van der Waals surface area contributed by atoms with Crippen molar-refractivity contribution in [1.82, 2.24) is 15.3 Å². The molecule has 0 saturated carbocycles. The number of rotatable bonds is 7. The molecule has 0 aliphatic carbocycles. The fourth-order valence-corrected chi connectivity index (χ4v) is 2.23. The zero-order valence-electron chi connectivity index (χ0n) is 14.4. The molecule has 1 heterocycles. The third kappa shape index (κ3) is 4.72. The van der Waals surface area contributed by atoms with Crippen LogP contribution in [-0.4, -0.2) is 33.4 Å². The van der Waals surface area contributed by atoms with E-state index in [0.29, 0.717) is 30.2 Å². The van der Waals surface area contributed by atoms with Crippen LogP contribution in [0.2, 0.25) is 0 Å². The number of aryl methyl sites for hydroxylation is 1. The average Bonchev–Trinajstić information content (AvgIpc) is 2.61. The highest BCUT2D eigenvalue weighted by molar-refractivity contribution is 5.83. The zero-order valence-corrected chi connectivity index (χ0v) is 14.4. The Morgan fingerprint density at radius 3 is 2.48 bits per heavy atom. The number of carbonyl (C=O) groups excluding carboxylic acids is 1. The summed E-state index contributed by atoms with van der Waals surface area (Å²) < 4.78 is 0. The van der Waals surface area contributed by atoms with Gasteiger partial charge in [0.2, 0.25) is 5.91 Å². The van der Waals surface area contributed by atoms with Crippen LogP contribution >= 0.6 is 0 Å². The summed E-state index contributed by atoms with van der Waals surface area (Å²) in [6.07, 6.45) is 0.701. The summed E-state index contributed by atoms with van der Waals surface area (Å²) in [4.78, 5) is 31.1.